The second-order valence-corrected chi connectivity index (χ2v) is 11.4. The SMILES string of the molecule is CCN1CCc2c(sc(NC(=O)c3ccc(S(=O)(=O)N4CCN(C)CC4)cc3)c2C(=O)O)C1. The van der Waals surface area contributed by atoms with Crippen LogP contribution in [0.4, 0.5) is 5.00 Å². The Bertz CT molecular complexity index is 1150. The smallest absolute Gasteiger partial charge is 0.339 e. The van der Waals surface area contributed by atoms with Crippen LogP contribution in [0.2, 0.25) is 0 Å². The molecule has 0 bridgehead atoms. The molecule has 2 aromatic rings. The average molecular weight is 493 g/mol. The van der Waals surface area contributed by atoms with E-state index in [1.807, 2.05) is 7.05 Å². The van der Waals surface area contributed by atoms with Crippen LogP contribution in [0.5, 0.6) is 0 Å². The summed E-state index contributed by atoms with van der Waals surface area (Å²) >= 11 is 1.30. The summed E-state index contributed by atoms with van der Waals surface area (Å²) in [5.74, 6) is -1.52. The van der Waals surface area contributed by atoms with Crippen LogP contribution in [0.1, 0.15) is 38.1 Å². The molecule has 0 radical (unpaired) electrons. The first-order chi connectivity index (χ1) is 15.7. The summed E-state index contributed by atoms with van der Waals surface area (Å²) < 4.78 is 27.2. The molecule has 178 valence electrons. The predicted molar refractivity (Wildman–Crippen MR) is 127 cm³/mol. The molecule has 2 aliphatic heterocycles. The molecule has 1 amide bonds. The van der Waals surface area contributed by atoms with Crippen molar-refractivity contribution in [2.75, 3.05) is 51.6 Å². The largest absolute Gasteiger partial charge is 0.478 e. The van der Waals surface area contributed by atoms with E-state index in [-0.39, 0.29) is 16.0 Å². The lowest BCUT2D eigenvalue weighted by Crippen LogP contribution is -2.47. The van der Waals surface area contributed by atoms with E-state index < -0.39 is 21.9 Å². The minimum absolute atomic E-state index is 0.140. The van der Waals surface area contributed by atoms with Crippen LogP contribution in [0.25, 0.3) is 0 Å². The van der Waals surface area contributed by atoms with Gasteiger partial charge in [-0.25, -0.2) is 13.2 Å². The molecule has 0 spiro atoms. The lowest BCUT2D eigenvalue weighted by molar-refractivity contribution is 0.0696. The highest BCUT2D eigenvalue weighted by Gasteiger charge is 2.29. The van der Waals surface area contributed by atoms with E-state index >= 15 is 0 Å². The number of carbonyl (C=O) groups excluding carboxylic acids is 1. The summed E-state index contributed by atoms with van der Waals surface area (Å²) in [5.41, 5.74) is 1.22. The molecule has 2 aliphatic rings. The van der Waals surface area contributed by atoms with E-state index in [9.17, 15) is 23.1 Å². The number of hydrogen-bond donors (Lipinski definition) is 2. The maximum Gasteiger partial charge on any atom is 0.339 e. The number of thiophene rings is 1. The molecule has 1 fully saturated rings. The van der Waals surface area contributed by atoms with Gasteiger partial charge >= 0.3 is 5.97 Å². The minimum atomic E-state index is -3.62. The fraction of sp³-hybridized carbons (Fsp3) is 0.455. The molecule has 11 heteroatoms. The van der Waals surface area contributed by atoms with Crippen LogP contribution >= 0.6 is 11.3 Å². The Morgan fingerprint density at radius 1 is 1.09 bits per heavy atom. The molecule has 1 aromatic carbocycles. The lowest BCUT2D eigenvalue weighted by Gasteiger charge is -2.31. The van der Waals surface area contributed by atoms with Crippen LogP contribution in [0, 0.1) is 0 Å². The Morgan fingerprint density at radius 2 is 1.76 bits per heavy atom. The number of carboxylic acids is 1. The molecule has 1 aromatic heterocycles. The normalized spacial score (nSPS) is 18.1. The molecular weight excluding hydrogens is 464 g/mol. The van der Waals surface area contributed by atoms with Gasteiger partial charge in [0.05, 0.1) is 10.5 Å². The second kappa shape index (κ2) is 9.51. The standard InChI is InChI=1S/C22H28N4O5S2/c1-3-25-9-8-17-18(14-25)32-21(19(17)22(28)29)23-20(27)15-4-6-16(7-5-15)33(30,31)26-12-10-24(2)11-13-26/h4-7H,3,8-14H2,1-2H3,(H,23,27)(H,28,29). The maximum atomic E-state index is 12.9. The quantitative estimate of drug-likeness (QED) is 0.635. The Balaban J connectivity index is 1.52. The number of aromatic carboxylic acids is 1. The average Bonchev–Trinajstić information content (AvgIpc) is 3.16. The van der Waals surface area contributed by atoms with Gasteiger partial charge in [-0.1, -0.05) is 6.92 Å². The maximum absolute atomic E-state index is 12.9. The van der Waals surface area contributed by atoms with E-state index in [1.165, 1.54) is 39.9 Å². The molecule has 1 saturated heterocycles. The number of anilines is 1. The van der Waals surface area contributed by atoms with Crippen LogP contribution in [-0.2, 0) is 23.0 Å². The zero-order chi connectivity index (χ0) is 23.8. The molecule has 0 aliphatic carbocycles. The van der Waals surface area contributed by atoms with Gasteiger partial charge in [0.25, 0.3) is 5.91 Å². The lowest BCUT2D eigenvalue weighted by atomic mass is 10.0. The Kier molecular flexibility index (Phi) is 6.87. The summed E-state index contributed by atoms with van der Waals surface area (Å²) in [6, 6.07) is 5.79. The van der Waals surface area contributed by atoms with Gasteiger partial charge in [0.15, 0.2) is 0 Å². The van der Waals surface area contributed by atoms with E-state index in [4.69, 9.17) is 0 Å². The van der Waals surface area contributed by atoms with E-state index in [0.29, 0.717) is 44.1 Å². The molecule has 0 unspecified atom stereocenters. The third-order valence-electron chi connectivity index (χ3n) is 6.24. The number of benzene rings is 1. The number of likely N-dealkylation sites (N-methyl/N-ethyl adjacent to an activating group) is 2. The second-order valence-electron chi connectivity index (χ2n) is 8.32. The van der Waals surface area contributed by atoms with E-state index in [2.05, 4.69) is 22.0 Å². The fourth-order valence-electron chi connectivity index (χ4n) is 4.17. The summed E-state index contributed by atoms with van der Waals surface area (Å²) in [6.45, 7) is 6.61. The first-order valence-electron chi connectivity index (χ1n) is 10.9. The number of carbonyl (C=O) groups is 2. The van der Waals surface area contributed by atoms with Crippen molar-refractivity contribution < 1.29 is 23.1 Å². The number of amides is 1. The van der Waals surface area contributed by atoms with E-state index in [0.717, 1.165) is 23.5 Å². The third kappa shape index (κ3) is 4.82. The molecule has 3 heterocycles. The van der Waals surface area contributed by atoms with Gasteiger partial charge in [-0.15, -0.1) is 11.3 Å². The Labute approximate surface area is 197 Å². The van der Waals surface area contributed by atoms with Crippen molar-refractivity contribution in [2.45, 2.75) is 24.8 Å². The van der Waals surface area contributed by atoms with Gasteiger partial charge in [0, 0.05) is 49.7 Å². The topological polar surface area (TPSA) is 110 Å². The highest BCUT2D eigenvalue weighted by Crippen LogP contribution is 2.37. The van der Waals surface area contributed by atoms with Crippen molar-refractivity contribution in [2.24, 2.45) is 0 Å². The van der Waals surface area contributed by atoms with Gasteiger partial charge in [-0.2, -0.15) is 4.31 Å². The van der Waals surface area contributed by atoms with Crippen LogP contribution in [0.3, 0.4) is 0 Å². The molecule has 0 atom stereocenters. The molecule has 0 saturated carbocycles. The number of nitrogens with zero attached hydrogens (tertiary/aromatic N) is 3. The predicted octanol–water partition coefficient (Wildman–Crippen LogP) is 2.01. The summed E-state index contributed by atoms with van der Waals surface area (Å²) in [7, 11) is -1.66. The summed E-state index contributed by atoms with van der Waals surface area (Å²) in [4.78, 5) is 30.2. The van der Waals surface area contributed by atoms with Crippen molar-refractivity contribution in [3.63, 3.8) is 0 Å². The molecular formula is C22H28N4O5S2. The van der Waals surface area contributed by atoms with Crippen molar-refractivity contribution in [3.8, 4) is 0 Å². The minimum Gasteiger partial charge on any atom is -0.478 e. The molecule has 2 N–H and O–H groups in total. The van der Waals surface area contributed by atoms with Crippen molar-refractivity contribution >= 4 is 38.2 Å². The first kappa shape index (κ1) is 23.8. The number of carboxylic acid groups (broad SMARTS) is 1. The van der Waals surface area contributed by atoms with Crippen molar-refractivity contribution in [3.05, 3.63) is 45.8 Å². The van der Waals surface area contributed by atoms with Gasteiger partial charge in [0.2, 0.25) is 10.0 Å². The summed E-state index contributed by atoms with van der Waals surface area (Å²) in [5, 5.41) is 12.8. The number of sulfonamides is 1. The van der Waals surface area contributed by atoms with Gasteiger partial charge in [-0.05, 0) is 49.8 Å². The highest BCUT2D eigenvalue weighted by atomic mass is 32.2. The first-order valence-corrected chi connectivity index (χ1v) is 13.2. The van der Waals surface area contributed by atoms with Crippen molar-refractivity contribution in [1.29, 1.82) is 0 Å². The Hall–Kier alpha value is -2.31. The zero-order valence-corrected chi connectivity index (χ0v) is 20.3. The van der Waals surface area contributed by atoms with Crippen LogP contribution in [-0.4, -0.2) is 85.8 Å². The van der Waals surface area contributed by atoms with Gasteiger partial charge in [-0.3, -0.25) is 9.69 Å². The van der Waals surface area contributed by atoms with Gasteiger partial charge < -0.3 is 15.3 Å². The Morgan fingerprint density at radius 3 is 2.36 bits per heavy atom. The zero-order valence-electron chi connectivity index (χ0n) is 18.7. The van der Waals surface area contributed by atoms with Crippen LogP contribution < -0.4 is 5.32 Å². The fourth-order valence-corrected chi connectivity index (χ4v) is 6.87. The molecule has 4 rings (SSSR count). The molecule has 9 nitrogen and oxygen atoms in total. The number of hydrogen-bond acceptors (Lipinski definition) is 7. The molecule has 33 heavy (non-hydrogen) atoms. The van der Waals surface area contributed by atoms with E-state index in [1.54, 1.807) is 0 Å². The monoisotopic (exact) mass is 492 g/mol. The third-order valence-corrected chi connectivity index (χ3v) is 9.29. The summed E-state index contributed by atoms with van der Waals surface area (Å²) in [6.07, 6.45) is 0.635. The van der Waals surface area contributed by atoms with Crippen molar-refractivity contribution in [1.82, 2.24) is 14.1 Å². The number of rotatable bonds is 6. The van der Waals surface area contributed by atoms with Gasteiger partial charge in [0.1, 0.15) is 5.00 Å². The highest BCUT2D eigenvalue weighted by molar-refractivity contribution is 7.89. The van der Waals surface area contributed by atoms with Crippen LogP contribution in [0.15, 0.2) is 29.2 Å². The number of piperazine rings is 1. The number of fused-ring (bicyclic) bond motifs is 1. The number of nitrogens with one attached hydrogen (secondary N) is 1.